The molecule has 126 valence electrons. The predicted octanol–water partition coefficient (Wildman–Crippen LogP) is 4.12. The Morgan fingerprint density at radius 3 is 2.92 bits per heavy atom. The number of piperidine rings is 1. The maximum Gasteiger partial charge on any atom is 0.184 e. The summed E-state index contributed by atoms with van der Waals surface area (Å²) in [7, 11) is 2.13. The Labute approximate surface area is 148 Å². The number of hydrogen-bond donors (Lipinski definition) is 0. The molecule has 1 aliphatic heterocycles. The van der Waals surface area contributed by atoms with Crippen LogP contribution in [0.1, 0.15) is 28.9 Å². The summed E-state index contributed by atoms with van der Waals surface area (Å²) in [5, 5.41) is 0.773. The highest BCUT2D eigenvalue weighted by Crippen LogP contribution is 2.30. The van der Waals surface area contributed by atoms with Crippen molar-refractivity contribution in [2.45, 2.75) is 19.3 Å². The van der Waals surface area contributed by atoms with Crippen molar-refractivity contribution in [2.75, 3.05) is 20.1 Å². The number of aryl methyl sites for hydroxylation is 1. The number of nitrogens with zero attached hydrogens (tertiary/aromatic N) is 2. The van der Waals surface area contributed by atoms with Gasteiger partial charge in [-0.3, -0.25) is 9.78 Å². The third kappa shape index (κ3) is 4.22. The van der Waals surface area contributed by atoms with E-state index in [9.17, 15) is 4.79 Å². The van der Waals surface area contributed by atoms with Crippen LogP contribution < -0.4 is 0 Å². The minimum absolute atomic E-state index is 0.0651. The van der Waals surface area contributed by atoms with Crippen LogP contribution in [0.4, 0.5) is 0 Å². The first kappa shape index (κ1) is 17.1. The van der Waals surface area contributed by atoms with E-state index in [1.165, 1.54) is 5.56 Å². The number of pyridine rings is 1. The second-order valence-electron chi connectivity index (χ2n) is 6.67. The van der Waals surface area contributed by atoms with E-state index < -0.39 is 0 Å². The van der Waals surface area contributed by atoms with Gasteiger partial charge in [0.25, 0.3) is 0 Å². The smallest absolute Gasteiger partial charge is 0.184 e. The summed E-state index contributed by atoms with van der Waals surface area (Å²) in [6.07, 6.45) is 4.55. The first-order valence-electron chi connectivity index (χ1n) is 8.51. The first-order chi connectivity index (χ1) is 11.6. The molecular formula is C20H23ClN2O. The molecule has 1 aromatic heterocycles. The lowest BCUT2D eigenvalue weighted by atomic mass is 9.78. The van der Waals surface area contributed by atoms with Crippen molar-refractivity contribution in [2.24, 2.45) is 11.8 Å². The van der Waals surface area contributed by atoms with Gasteiger partial charge in [-0.05, 0) is 68.6 Å². The zero-order valence-corrected chi connectivity index (χ0v) is 14.7. The van der Waals surface area contributed by atoms with E-state index >= 15 is 0 Å². The summed E-state index contributed by atoms with van der Waals surface area (Å²) in [4.78, 5) is 19.5. The van der Waals surface area contributed by atoms with E-state index in [1.54, 1.807) is 6.20 Å². The average molecular weight is 343 g/mol. The number of ketones is 1. The maximum absolute atomic E-state index is 12.9. The van der Waals surface area contributed by atoms with Gasteiger partial charge in [-0.1, -0.05) is 29.8 Å². The molecule has 1 saturated heterocycles. The molecule has 1 fully saturated rings. The molecule has 0 saturated carbocycles. The average Bonchev–Trinajstić information content (AvgIpc) is 2.60. The Balaban J connectivity index is 1.71. The van der Waals surface area contributed by atoms with Crippen LogP contribution in [0, 0.1) is 11.8 Å². The summed E-state index contributed by atoms with van der Waals surface area (Å²) in [5.41, 5.74) is 1.83. The van der Waals surface area contributed by atoms with Crippen LogP contribution >= 0.6 is 11.6 Å². The van der Waals surface area contributed by atoms with Crippen molar-refractivity contribution in [3.63, 3.8) is 0 Å². The van der Waals surface area contributed by atoms with Crippen molar-refractivity contribution < 1.29 is 4.79 Å². The first-order valence-corrected chi connectivity index (χ1v) is 8.89. The van der Waals surface area contributed by atoms with E-state index in [0.717, 1.165) is 37.4 Å². The Hall–Kier alpha value is -1.71. The molecule has 0 amide bonds. The van der Waals surface area contributed by atoms with Crippen LogP contribution in [-0.4, -0.2) is 35.8 Å². The van der Waals surface area contributed by atoms with Gasteiger partial charge in [0.1, 0.15) is 5.69 Å². The van der Waals surface area contributed by atoms with Crippen LogP contribution in [-0.2, 0) is 6.42 Å². The van der Waals surface area contributed by atoms with Gasteiger partial charge in [-0.2, -0.15) is 0 Å². The fraction of sp³-hybridized carbons (Fsp3) is 0.400. The molecular weight excluding hydrogens is 320 g/mol. The van der Waals surface area contributed by atoms with Crippen LogP contribution in [0.2, 0.25) is 5.02 Å². The van der Waals surface area contributed by atoms with E-state index in [1.807, 2.05) is 36.4 Å². The van der Waals surface area contributed by atoms with Gasteiger partial charge in [0.2, 0.25) is 0 Å². The standard InChI is InChI=1S/C20H23ClN2O/c1-23-12-10-18(20(24)19-7-2-3-11-22-19)16(14-23)9-8-15-5-4-6-17(21)13-15/h2-7,11,13,16,18H,8-10,12,14H2,1H3/t16-,18-/m0/s1. The molecule has 24 heavy (non-hydrogen) atoms. The van der Waals surface area contributed by atoms with Crippen molar-refractivity contribution in [1.29, 1.82) is 0 Å². The number of Topliss-reactive ketones (excluding diaryl/α,β-unsaturated/α-hetero) is 1. The largest absolute Gasteiger partial charge is 0.306 e. The lowest BCUT2D eigenvalue weighted by molar-refractivity contribution is 0.0728. The number of halogens is 1. The molecule has 2 aromatic rings. The van der Waals surface area contributed by atoms with Crippen LogP contribution in [0.25, 0.3) is 0 Å². The van der Waals surface area contributed by atoms with E-state index in [2.05, 4.69) is 23.0 Å². The fourth-order valence-electron chi connectivity index (χ4n) is 3.59. The maximum atomic E-state index is 12.9. The molecule has 0 bridgehead atoms. The highest BCUT2D eigenvalue weighted by Gasteiger charge is 2.33. The van der Waals surface area contributed by atoms with Gasteiger partial charge < -0.3 is 4.90 Å². The molecule has 2 atom stereocenters. The van der Waals surface area contributed by atoms with Gasteiger partial charge in [0.05, 0.1) is 0 Å². The summed E-state index contributed by atoms with van der Waals surface area (Å²) < 4.78 is 0. The van der Waals surface area contributed by atoms with Gasteiger partial charge in [-0.25, -0.2) is 0 Å². The second kappa shape index (κ2) is 7.91. The van der Waals surface area contributed by atoms with E-state index in [-0.39, 0.29) is 11.7 Å². The Bertz CT molecular complexity index is 689. The highest BCUT2D eigenvalue weighted by atomic mass is 35.5. The van der Waals surface area contributed by atoms with Gasteiger partial charge in [0, 0.05) is 23.7 Å². The number of carbonyl (C=O) groups is 1. The topological polar surface area (TPSA) is 33.2 Å². The summed E-state index contributed by atoms with van der Waals surface area (Å²) >= 11 is 6.08. The zero-order chi connectivity index (χ0) is 16.9. The fourth-order valence-corrected chi connectivity index (χ4v) is 3.81. The van der Waals surface area contributed by atoms with Gasteiger partial charge >= 0.3 is 0 Å². The third-order valence-corrected chi connectivity index (χ3v) is 5.12. The molecule has 0 unspecified atom stereocenters. The highest BCUT2D eigenvalue weighted by molar-refractivity contribution is 6.30. The second-order valence-corrected chi connectivity index (χ2v) is 7.10. The molecule has 0 N–H and O–H groups in total. The Kier molecular flexibility index (Phi) is 5.64. The molecule has 0 aliphatic carbocycles. The molecule has 3 rings (SSSR count). The number of carbonyl (C=O) groups excluding carboxylic acids is 1. The molecule has 3 nitrogen and oxygen atoms in total. The third-order valence-electron chi connectivity index (χ3n) is 4.88. The van der Waals surface area contributed by atoms with Crippen LogP contribution in [0.5, 0.6) is 0 Å². The number of aromatic nitrogens is 1. The predicted molar refractivity (Wildman–Crippen MR) is 97.4 cm³/mol. The molecule has 0 spiro atoms. The quantitative estimate of drug-likeness (QED) is 0.766. The minimum Gasteiger partial charge on any atom is -0.306 e. The number of benzene rings is 1. The van der Waals surface area contributed by atoms with E-state index in [0.29, 0.717) is 11.6 Å². The van der Waals surface area contributed by atoms with Crippen LogP contribution in [0.15, 0.2) is 48.7 Å². The molecule has 4 heteroatoms. The zero-order valence-electron chi connectivity index (χ0n) is 14.0. The lowest BCUT2D eigenvalue weighted by Gasteiger charge is -2.36. The van der Waals surface area contributed by atoms with Crippen molar-refractivity contribution in [1.82, 2.24) is 9.88 Å². The normalized spacial score (nSPS) is 21.6. The number of rotatable bonds is 5. The SMILES string of the molecule is CN1CC[C@H](C(=O)c2ccccn2)[C@@H](CCc2cccc(Cl)c2)C1. The van der Waals surface area contributed by atoms with Crippen molar-refractivity contribution in [3.8, 4) is 0 Å². The summed E-state index contributed by atoms with van der Waals surface area (Å²) in [6.45, 7) is 1.93. The Morgan fingerprint density at radius 1 is 1.29 bits per heavy atom. The number of likely N-dealkylation sites (tertiary alicyclic amines) is 1. The van der Waals surface area contributed by atoms with Crippen molar-refractivity contribution in [3.05, 3.63) is 64.9 Å². The lowest BCUT2D eigenvalue weighted by Crippen LogP contribution is -2.41. The number of hydrogen-bond acceptors (Lipinski definition) is 3. The molecule has 1 aliphatic rings. The van der Waals surface area contributed by atoms with E-state index in [4.69, 9.17) is 11.6 Å². The van der Waals surface area contributed by atoms with Crippen LogP contribution in [0.3, 0.4) is 0 Å². The minimum atomic E-state index is 0.0651. The monoisotopic (exact) mass is 342 g/mol. The molecule has 0 radical (unpaired) electrons. The van der Waals surface area contributed by atoms with Gasteiger partial charge in [0.15, 0.2) is 5.78 Å². The van der Waals surface area contributed by atoms with Gasteiger partial charge in [-0.15, -0.1) is 0 Å². The molecule has 2 heterocycles. The molecule has 1 aromatic carbocycles. The summed E-state index contributed by atoms with van der Waals surface area (Å²) in [5.74, 6) is 0.618. The Morgan fingerprint density at radius 2 is 2.17 bits per heavy atom. The summed E-state index contributed by atoms with van der Waals surface area (Å²) in [6, 6.07) is 13.6. The van der Waals surface area contributed by atoms with Crippen molar-refractivity contribution >= 4 is 17.4 Å².